The van der Waals surface area contributed by atoms with Crippen LogP contribution in [-0.2, 0) is 22.7 Å². The molecule has 0 atom stereocenters. The fraction of sp³-hybridized carbons (Fsp3) is 0.111. The van der Waals surface area contributed by atoms with Crippen LogP contribution in [-0.4, -0.2) is 43.0 Å². The molecule has 9 nitrogen and oxygen atoms in total. The van der Waals surface area contributed by atoms with Crippen molar-refractivity contribution in [2.45, 2.75) is 17.7 Å². The number of carbonyl (C=O) groups excluding carboxylic acids is 2. The normalized spacial score (nSPS) is 12.4. The second-order valence-corrected chi connectivity index (χ2v) is 10.8. The van der Waals surface area contributed by atoms with Gasteiger partial charge >= 0.3 is 0 Å². The van der Waals surface area contributed by atoms with Crippen LogP contribution in [0.25, 0.3) is 16.9 Å². The van der Waals surface area contributed by atoms with Gasteiger partial charge in [0.25, 0.3) is 11.8 Å². The number of fused-ring (bicyclic) bond motifs is 3. The van der Waals surface area contributed by atoms with Crippen molar-refractivity contribution in [1.82, 2.24) is 9.78 Å². The van der Waals surface area contributed by atoms with Gasteiger partial charge < -0.3 is 11.1 Å². The molecule has 0 aliphatic heterocycles. The van der Waals surface area contributed by atoms with Crippen molar-refractivity contribution in [2.75, 3.05) is 11.6 Å². The standard InChI is InChI=1S/C27H23N5O4S/c1-29-18-7-4-17(5-8-18)27(34)30-19-9-3-16-6-14-22-24(26(28)33)31-32(25(22)23(16)15-19)20-10-12-21(13-11-20)37(2,35)36/h3-5,7-13,15H,1,6,14H2,2H3,(H2,28,33)(H,30,34). The van der Waals surface area contributed by atoms with E-state index in [-0.39, 0.29) is 16.5 Å². The van der Waals surface area contributed by atoms with Crippen molar-refractivity contribution in [3.05, 3.63) is 89.1 Å². The summed E-state index contributed by atoms with van der Waals surface area (Å²) in [5, 5.41) is 7.41. The Morgan fingerprint density at radius 1 is 1.03 bits per heavy atom. The zero-order valence-corrected chi connectivity index (χ0v) is 20.7. The molecule has 0 spiro atoms. The molecule has 0 saturated carbocycles. The maximum Gasteiger partial charge on any atom is 0.269 e. The van der Waals surface area contributed by atoms with Crippen LogP contribution in [0.5, 0.6) is 0 Å². The number of nitrogens with zero attached hydrogens (tertiary/aromatic N) is 3. The van der Waals surface area contributed by atoms with Gasteiger partial charge in [0.15, 0.2) is 15.5 Å². The Balaban J connectivity index is 1.57. The third-order valence-electron chi connectivity index (χ3n) is 6.31. The number of aliphatic imine (C=N–C) groups is 1. The van der Waals surface area contributed by atoms with Gasteiger partial charge in [0.2, 0.25) is 0 Å². The Kier molecular flexibility index (Phi) is 5.96. The summed E-state index contributed by atoms with van der Waals surface area (Å²) in [5.41, 5.74) is 11.3. The molecule has 3 N–H and O–H groups in total. The maximum absolute atomic E-state index is 12.8. The smallest absolute Gasteiger partial charge is 0.269 e. The lowest BCUT2D eigenvalue weighted by molar-refractivity contribution is 0.0992. The van der Waals surface area contributed by atoms with Crippen molar-refractivity contribution in [2.24, 2.45) is 10.7 Å². The summed E-state index contributed by atoms with van der Waals surface area (Å²) < 4.78 is 25.4. The van der Waals surface area contributed by atoms with E-state index in [0.717, 1.165) is 17.4 Å². The zero-order chi connectivity index (χ0) is 26.3. The lowest BCUT2D eigenvalue weighted by Crippen LogP contribution is -2.15. The average Bonchev–Trinajstić information content (AvgIpc) is 3.29. The van der Waals surface area contributed by atoms with Crippen molar-refractivity contribution < 1.29 is 18.0 Å². The monoisotopic (exact) mass is 513 g/mol. The molecule has 0 bridgehead atoms. The Labute approximate surface area is 213 Å². The van der Waals surface area contributed by atoms with Gasteiger partial charge in [-0.15, -0.1) is 0 Å². The van der Waals surface area contributed by atoms with E-state index in [1.165, 1.54) is 12.1 Å². The minimum absolute atomic E-state index is 0.165. The van der Waals surface area contributed by atoms with E-state index >= 15 is 0 Å². The van der Waals surface area contributed by atoms with Gasteiger partial charge in [0.05, 0.1) is 22.0 Å². The predicted octanol–water partition coefficient (Wildman–Crippen LogP) is 3.72. The molecule has 1 aliphatic rings. The first-order chi connectivity index (χ1) is 17.7. The van der Waals surface area contributed by atoms with Crippen LogP contribution in [0.1, 0.15) is 32.0 Å². The number of aryl methyl sites for hydroxylation is 1. The summed E-state index contributed by atoms with van der Waals surface area (Å²) in [7, 11) is -3.37. The van der Waals surface area contributed by atoms with E-state index in [1.807, 2.05) is 18.2 Å². The van der Waals surface area contributed by atoms with Gasteiger partial charge in [-0.05, 0) is 85.8 Å². The molecule has 10 heteroatoms. The molecule has 5 rings (SSSR count). The summed E-state index contributed by atoms with van der Waals surface area (Å²) in [5.74, 6) is -0.928. The minimum Gasteiger partial charge on any atom is -0.364 e. The van der Waals surface area contributed by atoms with E-state index in [9.17, 15) is 18.0 Å². The molecule has 1 aliphatic carbocycles. The van der Waals surface area contributed by atoms with Crippen LogP contribution in [0.3, 0.4) is 0 Å². The van der Waals surface area contributed by atoms with E-state index in [2.05, 4.69) is 22.1 Å². The zero-order valence-electron chi connectivity index (χ0n) is 19.9. The summed E-state index contributed by atoms with van der Waals surface area (Å²) >= 11 is 0. The second-order valence-electron chi connectivity index (χ2n) is 8.75. The maximum atomic E-state index is 12.8. The molecule has 0 radical (unpaired) electrons. The molecule has 4 aromatic rings. The fourth-order valence-electron chi connectivity index (χ4n) is 4.46. The van der Waals surface area contributed by atoms with Crippen molar-refractivity contribution in [3.8, 4) is 16.9 Å². The van der Waals surface area contributed by atoms with Gasteiger partial charge in [0, 0.05) is 28.6 Å². The quantitative estimate of drug-likeness (QED) is 0.379. The first kappa shape index (κ1) is 24.1. The highest BCUT2D eigenvalue weighted by Crippen LogP contribution is 2.38. The Morgan fingerprint density at radius 3 is 2.35 bits per heavy atom. The van der Waals surface area contributed by atoms with Gasteiger partial charge in [-0.25, -0.2) is 13.1 Å². The number of rotatable bonds is 6. The SMILES string of the molecule is C=Nc1ccc(C(=O)Nc2ccc3c(c2)-c2c(c(C(N)=O)nn2-c2ccc(S(C)(=O)=O)cc2)CC3)cc1. The highest BCUT2D eigenvalue weighted by atomic mass is 32.2. The molecule has 0 unspecified atom stereocenters. The number of carbonyl (C=O) groups is 2. The number of anilines is 1. The lowest BCUT2D eigenvalue weighted by atomic mass is 9.88. The highest BCUT2D eigenvalue weighted by Gasteiger charge is 2.28. The Bertz CT molecular complexity index is 1670. The average molecular weight is 514 g/mol. The number of hydrogen-bond acceptors (Lipinski definition) is 6. The minimum atomic E-state index is -3.37. The number of aromatic nitrogens is 2. The first-order valence-corrected chi connectivity index (χ1v) is 13.3. The van der Waals surface area contributed by atoms with Crippen LogP contribution in [0, 0.1) is 0 Å². The molecule has 1 heterocycles. The molecule has 0 saturated heterocycles. The summed E-state index contributed by atoms with van der Waals surface area (Å²) in [4.78, 5) is 29.1. The summed E-state index contributed by atoms with van der Waals surface area (Å²) in [6.07, 6.45) is 2.38. The number of primary amides is 1. The van der Waals surface area contributed by atoms with Gasteiger partial charge in [-0.3, -0.25) is 14.6 Å². The molecule has 2 amide bonds. The van der Waals surface area contributed by atoms with Crippen LogP contribution >= 0.6 is 0 Å². The molecule has 1 aromatic heterocycles. The van der Waals surface area contributed by atoms with Crippen LogP contribution in [0.2, 0.25) is 0 Å². The Hall–Kier alpha value is -4.57. The number of sulfone groups is 1. The van der Waals surface area contributed by atoms with Crippen molar-refractivity contribution in [1.29, 1.82) is 0 Å². The molecule has 3 aromatic carbocycles. The number of nitrogens with two attached hydrogens (primary N) is 1. The second kappa shape index (κ2) is 9.14. The van der Waals surface area contributed by atoms with Crippen LogP contribution in [0.15, 0.2) is 76.6 Å². The van der Waals surface area contributed by atoms with Gasteiger partial charge in [-0.2, -0.15) is 5.10 Å². The molecule has 186 valence electrons. The number of benzene rings is 3. The largest absolute Gasteiger partial charge is 0.364 e. The highest BCUT2D eigenvalue weighted by molar-refractivity contribution is 7.90. The van der Waals surface area contributed by atoms with E-state index < -0.39 is 15.7 Å². The molecular weight excluding hydrogens is 490 g/mol. The summed E-state index contributed by atoms with van der Waals surface area (Å²) in [6, 6.07) is 18.6. The van der Waals surface area contributed by atoms with Gasteiger partial charge in [-0.1, -0.05) is 6.07 Å². The number of amides is 2. The molecule has 0 fully saturated rings. The summed E-state index contributed by atoms with van der Waals surface area (Å²) in [6.45, 7) is 3.48. The first-order valence-electron chi connectivity index (χ1n) is 11.4. The van der Waals surface area contributed by atoms with E-state index in [1.54, 1.807) is 41.1 Å². The van der Waals surface area contributed by atoms with E-state index in [0.29, 0.717) is 46.7 Å². The fourth-order valence-corrected chi connectivity index (χ4v) is 5.09. The Morgan fingerprint density at radius 2 is 1.73 bits per heavy atom. The third kappa shape index (κ3) is 4.54. The van der Waals surface area contributed by atoms with Crippen molar-refractivity contribution in [3.63, 3.8) is 0 Å². The van der Waals surface area contributed by atoms with Crippen molar-refractivity contribution >= 4 is 39.7 Å². The van der Waals surface area contributed by atoms with Crippen LogP contribution in [0.4, 0.5) is 11.4 Å². The number of nitrogens with one attached hydrogen (secondary N) is 1. The molecule has 37 heavy (non-hydrogen) atoms. The topological polar surface area (TPSA) is 137 Å². The predicted molar refractivity (Wildman–Crippen MR) is 142 cm³/mol. The van der Waals surface area contributed by atoms with E-state index in [4.69, 9.17) is 5.73 Å². The lowest BCUT2D eigenvalue weighted by Gasteiger charge is -2.20. The van der Waals surface area contributed by atoms with Crippen LogP contribution < -0.4 is 11.1 Å². The van der Waals surface area contributed by atoms with Gasteiger partial charge in [0.1, 0.15) is 0 Å². The number of hydrogen-bond donors (Lipinski definition) is 2. The third-order valence-corrected chi connectivity index (χ3v) is 7.43. The molecular formula is C27H23N5O4S.